The first-order valence-electron chi connectivity index (χ1n) is 7.67. The van der Waals surface area contributed by atoms with E-state index in [-0.39, 0.29) is 10.5 Å². The topological polar surface area (TPSA) is 76.7 Å². The molecule has 0 aromatic rings. The number of carbonyl (C=O) groups is 2. The van der Waals surface area contributed by atoms with Crippen LogP contribution in [0.3, 0.4) is 0 Å². The Bertz CT molecular complexity index is 266. The Labute approximate surface area is 141 Å². The lowest BCUT2D eigenvalue weighted by molar-refractivity contribution is 0.0605. The van der Waals surface area contributed by atoms with E-state index in [1.54, 1.807) is 0 Å². The minimum atomic E-state index is 0.0000689. The molecule has 0 spiro atoms. The van der Waals surface area contributed by atoms with Gasteiger partial charge >= 0.3 is 0 Å². The predicted molar refractivity (Wildman–Crippen MR) is 93.9 cm³/mol. The van der Waals surface area contributed by atoms with E-state index in [0.717, 1.165) is 25.9 Å². The van der Waals surface area contributed by atoms with Crippen molar-refractivity contribution in [1.29, 1.82) is 0 Å². The molecule has 0 rings (SSSR count). The Kier molecular flexibility index (Phi) is 16.6. The second-order valence-electron chi connectivity index (χ2n) is 4.35. The molecule has 2 N–H and O–H groups in total. The molecule has 8 heteroatoms. The van der Waals surface area contributed by atoms with Crippen molar-refractivity contribution >= 4 is 34.0 Å². The summed E-state index contributed by atoms with van der Waals surface area (Å²) in [6.45, 7) is 7.54. The van der Waals surface area contributed by atoms with Gasteiger partial charge in [0.25, 0.3) is 10.5 Å². The monoisotopic (exact) mass is 352 g/mol. The van der Waals surface area contributed by atoms with Gasteiger partial charge in [0.1, 0.15) is 0 Å². The van der Waals surface area contributed by atoms with Crippen molar-refractivity contribution in [2.24, 2.45) is 0 Å². The van der Waals surface area contributed by atoms with Gasteiger partial charge in [0.15, 0.2) is 0 Å². The molecule has 0 aliphatic rings. The summed E-state index contributed by atoms with van der Waals surface area (Å²) >= 11 is 2.47. The lowest BCUT2D eigenvalue weighted by Crippen LogP contribution is -2.20. The third-order valence-corrected chi connectivity index (χ3v) is 3.89. The number of ether oxygens (including phenoxy) is 2. The normalized spacial score (nSPS) is 10.5. The Morgan fingerprint density at radius 3 is 1.55 bits per heavy atom. The van der Waals surface area contributed by atoms with Crippen molar-refractivity contribution in [3.8, 4) is 0 Å². The average Bonchev–Trinajstić information content (AvgIpc) is 2.52. The molecular formula is C14H28N2O4S2. The molecule has 0 aliphatic heterocycles. The van der Waals surface area contributed by atoms with Crippen LogP contribution in [-0.2, 0) is 9.47 Å². The molecule has 0 saturated heterocycles. The summed E-state index contributed by atoms with van der Waals surface area (Å²) in [5, 5.41) is 5.58. The molecule has 0 aromatic carbocycles. The first kappa shape index (κ1) is 21.6. The Balaban J connectivity index is 3.17. The van der Waals surface area contributed by atoms with Gasteiger partial charge in [-0.25, -0.2) is 0 Å². The zero-order valence-electron chi connectivity index (χ0n) is 13.5. The SMILES string of the molecule is CCCNC(=O)SCCOCCOCCSC(=O)NCCC. The summed E-state index contributed by atoms with van der Waals surface area (Å²) < 4.78 is 10.7. The number of hydrogen-bond acceptors (Lipinski definition) is 6. The van der Waals surface area contributed by atoms with Gasteiger partial charge in [-0.2, -0.15) is 0 Å². The number of rotatable bonds is 13. The Morgan fingerprint density at radius 1 is 0.773 bits per heavy atom. The molecule has 0 fully saturated rings. The van der Waals surface area contributed by atoms with Crippen molar-refractivity contribution in [2.45, 2.75) is 26.7 Å². The van der Waals surface area contributed by atoms with Crippen molar-refractivity contribution in [3.63, 3.8) is 0 Å². The van der Waals surface area contributed by atoms with Crippen LogP contribution in [0.2, 0.25) is 0 Å². The highest BCUT2D eigenvalue weighted by molar-refractivity contribution is 8.13. The maximum atomic E-state index is 11.3. The smallest absolute Gasteiger partial charge is 0.279 e. The Hall–Kier alpha value is -0.440. The Morgan fingerprint density at radius 2 is 1.18 bits per heavy atom. The third kappa shape index (κ3) is 15.9. The largest absolute Gasteiger partial charge is 0.378 e. The van der Waals surface area contributed by atoms with Gasteiger partial charge in [0.2, 0.25) is 0 Å². The van der Waals surface area contributed by atoms with Crippen LogP contribution in [0.5, 0.6) is 0 Å². The summed E-state index contributed by atoms with van der Waals surface area (Å²) in [6, 6.07) is 0. The van der Waals surface area contributed by atoms with Crippen LogP contribution < -0.4 is 10.6 Å². The fourth-order valence-corrected chi connectivity index (χ4v) is 2.45. The molecule has 0 bridgehead atoms. The van der Waals surface area contributed by atoms with E-state index in [9.17, 15) is 9.59 Å². The van der Waals surface area contributed by atoms with Crippen molar-refractivity contribution in [2.75, 3.05) is 51.0 Å². The summed E-state index contributed by atoms with van der Waals surface area (Å²) in [4.78, 5) is 22.5. The maximum absolute atomic E-state index is 11.3. The number of thioether (sulfide) groups is 2. The molecule has 0 aromatic heterocycles. The fraction of sp³-hybridized carbons (Fsp3) is 0.857. The van der Waals surface area contributed by atoms with Gasteiger partial charge in [-0.3, -0.25) is 9.59 Å². The van der Waals surface area contributed by atoms with E-state index >= 15 is 0 Å². The number of nitrogens with one attached hydrogen (secondary N) is 2. The van der Waals surface area contributed by atoms with Crippen molar-refractivity contribution in [1.82, 2.24) is 10.6 Å². The molecule has 0 heterocycles. The fourth-order valence-electron chi connectivity index (χ4n) is 1.26. The van der Waals surface area contributed by atoms with Gasteiger partial charge in [-0.1, -0.05) is 37.4 Å². The molecule has 2 amide bonds. The van der Waals surface area contributed by atoms with Crippen LogP contribution in [-0.4, -0.2) is 61.5 Å². The van der Waals surface area contributed by atoms with Gasteiger partial charge in [0, 0.05) is 24.6 Å². The highest BCUT2D eigenvalue weighted by Crippen LogP contribution is 2.02. The quantitative estimate of drug-likeness (QED) is 0.496. The van der Waals surface area contributed by atoms with E-state index in [1.807, 2.05) is 13.8 Å². The van der Waals surface area contributed by atoms with E-state index < -0.39 is 0 Å². The van der Waals surface area contributed by atoms with Crippen LogP contribution >= 0.6 is 23.5 Å². The van der Waals surface area contributed by atoms with E-state index in [2.05, 4.69) is 10.6 Å². The standard InChI is InChI=1S/C14H28N2O4S2/c1-3-5-15-13(17)21-11-9-19-7-8-20-10-12-22-14(18)16-6-4-2/h3-12H2,1-2H3,(H,15,17)(H,16,18). The van der Waals surface area contributed by atoms with Crippen molar-refractivity contribution in [3.05, 3.63) is 0 Å². The van der Waals surface area contributed by atoms with Gasteiger partial charge in [-0.05, 0) is 12.8 Å². The molecule has 6 nitrogen and oxygen atoms in total. The van der Waals surface area contributed by atoms with Crippen LogP contribution in [0.1, 0.15) is 26.7 Å². The summed E-state index contributed by atoms with van der Waals surface area (Å²) in [5.74, 6) is 1.28. The molecule has 0 aliphatic carbocycles. The second kappa shape index (κ2) is 16.9. The van der Waals surface area contributed by atoms with Gasteiger partial charge < -0.3 is 20.1 Å². The zero-order valence-corrected chi connectivity index (χ0v) is 15.2. The molecule has 22 heavy (non-hydrogen) atoms. The average molecular weight is 353 g/mol. The first-order valence-corrected chi connectivity index (χ1v) is 9.64. The lowest BCUT2D eigenvalue weighted by Gasteiger charge is -2.06. The van der Waals surface area contributed by atoms with Crippen LogP contribution in [0.4, 0.5) is 9.59 Å². The molecule has 130 valence electrons. The zero-order chi connectivity index (χ0) is 16.5. The molecule has 0 unspecified atom stereocenters. The number of carbonyl (C=O) groups excluding carboxylic acids is 2. The van der Waals surface area contributed by atoms with E-state index in [0.29, 0.717) is 37.9 Å². The minimum absolute atomic E-state index is 0.0000689. The predicted octanol–water partition coefficient (Wildman–Crippen LogP) is 2.73. The van der Waals surface area contributed by atoms with Crippen LogP contribution in [0, 0.1) is 0 Å². The first-order chi connectivity index (χ1) is 10.7. The molecular weight excluding hydrogens is 324 g/mol. The molecule has 0 saturated carbocycles. The van der Waals surface area contributed by atoms with Gasteiger partial charge in [0.05, 0.1) is 26.4 Å². The summed E-state index contributed by atoms with van der Waals surface area (Å²) in [5.41, 5.74) is 0. The molecule has 0 radical (unpaired) electrons. The minimum Gasteiger partial charge on any atom is -0.378 e. The summed E-state index contributed by atoms with van der Waals surface area (Å²) in [6.07, 6.45) is 1.89. The van der Waals surface area contributed by atoms with Crippen LogP contribution in [0.15, 0.2) is 0 Å². The maximum Gasteiger partial charge on any atom is 0.279 e. The number of hydrogen-bond donors (Lipinski definition) is 2. The van der Waals surface area contributed by atoms with Gasteiger partial charge in [-0.15, -0.1) is 0 Å². The highest BCUT2D eigenvalue weighted by Gasteiger charge is 2.01. The van der Waals surface area contributed by atoms with E-state index in [1.165, 1.54) is 23.5 Å². The third-order valence-electron chi connectivity index (χ3n) is 2.33. The molecule has 0 atom stereocenters. The highest BCUT2D eigenvalue weighted by atomic mass is 32.2. The van der Waals surface area contributed by atoms with Crippen LogP contribution in [0.25, 0.3) is 0 Å². The summed E-state index contributed by atoms with van der Waals surface area (Å²) in [7, 11) is 0. The number of amides is 2. The lowest BCUT2D eigenvalue weighted by atomic mass is 10.5. The van der Waals surface area contributed by atoms with Crippen molar-refractivity contribution < 1.29 is 19.1 Å². The van der Waals surface area contributed by atoms with E-state index in [4.69, 9.17) is 9.47 Å². The second-order valence-corrected chi connectivity index (χ2v) is 6.49.